The Morgan fingerprint density at radius 3 is 2.88 bits per heavy atom. The molecule has 1 heterocycles. The molecule has 5 nitrogen and oxygen atoms in total. The molecule has 2 rings (SSSR count). The van der Waals surface area contributed by atoms with Gasteiger partial charge in [0.25, 0.3) is 0 Å². The predicted molar refractivity (Wildman–Crippen MR) is 63.1 cm³/mol. The summed E-state index contributed by atoms with van der Waals surface area (Å²) in [6.45, 7) is 0.0315. The summed E-state index contributed by atoms with van der Waals surface area (Å²) in [5, 5.41) is 26.9. The second-order valence-electron chi connectivity index (χ2n) is 3.36. The first-order chi connectivity index (χ1) is 8.20. The largest absolute Gasteiger partial charge is 0.478 e. The molecule has 1 aromatic carbocycles. The topological polar surface area (TPSA) is 83.3 Å². The molecule has 88 valence electrons. The quantitative estimate of drug-likeness (QED) is 0.857. The Bertz CT molecular complexity index is 539. The number of carbonyl (C=O) groups is 1. The normalized spacial score (nSPS) is 10.4. The molecular formula is C11H10N2O3S. The molecule has 0 bridgehead atoms. The van der Waals surface area contributed by atoms with E-state index in [1.165, 1.54) is 17.4 Å². The van der Waals surface area contributed by atoms with Gasteiger partial charge in [0.15, 0.2) is 0 Å². The number of rotatable bonds is 4. The maximum Gasteiger partial charge on any atom is 0.335 e. The smallest absolute Gasteiger partial charge is 0.335 e. The van der Waals surface area contributed by atoms with Crippen molar-refractivity contribution in [2.75, 3.05) is 6.61 Å². The molecule has 2 aromatic rings. The van der Waals surface area contributed by atoms with Gasteiger partial charge in [0.1, 0.15) is 10.0 Å². The van der Waals surface area contributed by atoms with Crippen molar-refractivity contribution in [3.05, 3.63) is 34.8 Å². The monoisotopic (exact) mass is 250 g/mol. The molecule has 0 atom stereocenters. The Morgan fingerprint density at radius 2 is 2.18 bits per heavy atom. The van der Waals surface area contributed by atoms with Crippen LogP contribution in [-0.4, -0.2) is 33.0 Å². The van der Waals surface area contributed by atoms with Crippen LogP contribution >= 0.6 is 11.3 Å². The molecule has 1 aromatic heterocycles. The van der Waals surface area contributed by atoms with E-state index in [1.54, 1.807) is 18.2 Å². The van der Waals surface area contributed by atoms with Crippen LogP contribution in [0.1, 0.15) is 15.4 Å². The summed E-state index contributed by atoms with van der Waals surface area (Å²) in [6.07, 6.45) is 0.469. The summed E-state index contributed by atoms with van der Waals surface area (Å²) in [4.78, 5) is 10.8. The van der Waals surface area contributed by atoms with Crippen LogP contribution in [-0.2, 0) is 6.42 Å². The maximum absolute atomic E-state index is 10.8. The van der Waals surface area contributed by atoms with E-state index in [1.807, 2.05) is 0 Å². The zero-order valence-corrected chi connectivity index (χ0v) is 9.65. The number of carboxylic acids is 1. The summed E-state index contributed by atoms with van der Waals surface area (Å²) in [5.41, 5.74) is 0.952. The lowest BCUT2D eigenvalue weighted by molar-refractivity contribution is 0.0697. The highest BCUT2D eigenvalue weighted by atomic mass is 32.1. The summed E-state index contributed by atoms with van der Waals surface area (Å²) < 4.78 is 0. The average Bonchev–Trinajstić information content (AvgIpc) is 2.78. The van der Waals surface area contributed by atoms with Gasteiger partial charge in [0, 0.05) is 18.6 Å². The van der Waals surface area contributed by atoms with Gasteiger partial charge < -0.3 is 10.2 Å². The van der Waals surface area contributed by atoms with E-state index in [-0.39, 0.29) is 12.2 Å². The van der Waals surface area contributed by atoms with Gasteiger partial charge in [-0.3, -0.25) is 0 Å². The Balaban J connectivity index is 2.32. The lowest BCUT2D eigenvalue weighted by Crippen LogP contribution is -1.95. The van der Waals surface area contributed by atoms with E-state index in [2.05, 4.69) is 10.2 Å². The van der Waals surface area contributed by atoms with Gasteiger partial charge in [0.2, 0.25) is 0 Å². The fraction of sp³-hybridized carbons (Fsp3) is 0.182. The van der Waals surface area contributed by atoms with Crippen molar-refractivity contribution in [3.63, 3.8) is 0 Å². The molecule has 0 amide bonds. The standard InChI is InChI=1S/C11H10N2O3S/c14-5-4-9-12-13-10(17-9)7-2-1-3-8(6-7)11(15)16/h1-3,6,14H,4-5H2,(H,15,16). The summed E-state index contributed by atoms with van der Waals surface area (Å²) >= 11 is 1.36. The minimum Gasteiger partial charge on any atom is -0.478 e. The summed E-state index contributed by atoms with van der Waals surface area (Å²) in [5.74, 6) is -0.966. The third kappa shape index (κ3) is 2.66. The van der Waals surface area contributed by atoms with E-state index in [9.17, 15) is 4.79 Å². The van der Waals surface area contributed by atoms with Crippen LogP contribution < -0.4 is 0 Å². The van der Waals surface area contributed by atoms with Crippen LogP contribution in [0.4, 0.5) is 0 Å². The van der Waals surface area contributed by atoms with Gasteiger partial charge in [-0.05, 0) is 12.1 Å². The first kappa shape index (κ1) is 11.7. The molecule has 0 spiro atoms. The molecule has 0 saturated carbocycles. The second kappa shape index (κ2) is 5.03. The highest BCUT2D eigenvalue weighted by Gasteiger charge is 2.09. The van der Waals surface area contributed by atoms with Crippen molar-refractivity contribution in [3.8, 4) is 10.6 Å². The van der Waals surface area contributed by atoms with Crippen LogP contribution in [0.15, 0.2) is 24.3 Å². The van der Waals surface area contributed by atoms with Crippen LogP contribution in [0.2, 0.25) is 0 Å². The number of aliphatic hydroxyl groups excluding tert-OH is 1. The van der Waals surface area contributed by atoms with Gasteiger partial charge in [-0.15, -0.1) is 10.2 Å². The van der Waals surface area contributed by atoms with E-state index in [4.69, 9.17) is 10.2 Å². The van der Waals surface area contributed by atoms with Crippen molar-refractivity contribution in [2.24, 2.45) is 0 Å². The molecule has 0 radical (unpaired) electrons. The van der Waals surface area contributed by atoms with E-state index >= 15 is 0 Å². The Labute approximate surface area is 101 Å². The molecule has 0 aliphatic carbocycles. The molecule has 0 fully saturated rings. The fourth-order valence-electron chi connectivity index (χ4n) is 1.35. The van der Waals surface area contributed by atoms with Crippen molar-refractivity contribution >= 4 is 17.3 Å². The molecular weight excluding hydrogens is 240 g/mol. The first-order valence-corrected chi connectivity index (χ1v) is 5.79. The van der Waals surface area contributed by atoms with Crippen molar-refractivity contribution < 1.29 is 15.0 Å². The van der Waals surface area contributed by atoms with Gasteiger partial charge in [-0.25, -0.2) is 4.79 Å². The van der Waals surface area contributed by atoms with Gasteiger partial charge in [-0.1, -0.05) is 23.5 Å². The number of aromatic nitrogens is 2. The molecule has 0 aliphatic rings. The van der Waals surface area contributed by atoms with Crippen molar-refractivity contribution in [2.45, 2.75) is 6.42 Å². The highest BCUT2D eigenvalue weighted by Crippen LogP contribution is 2.24. The minimum atomic E-state index is -0.966. The van der Waals surface area contributed by atoms with Crippen LogP contribution in [0.5, 0.6) is 0 Å². The van der Waals surface area contributed by atoms with Crippen LogP contribution in [0.25, 0.3) is 10.6 Å². The molecule has 0 saturated heterocycles. The van der Waals surface area contributed by atoms with Crippen LogP contribution in [0, 0.1) is 0 Å². The molecule has 0 aliphatic heterocycles. The lowest BCUT2D eigenvalue weighted by Gasteiger charge is -1.97. The predicted octanol–water partition coefficient (Wildman–Crippen LogP) is 1.44. The fourth-order valence-corrected chi connectivity index (χ4v) is 2.18. The number of hydrogen-bond donors (Lipinski definition) is 2. The first-order valence-electron chi connectivity index (χ1n) is 4.97. The van der Waals surface area contributed by atoms with E-state index < -0.39 is 5.97 Å². The number of aromatic carboxylic acids is 1. The number of carboxylic acid groups (broad SMARTS) is 1. The molecule has 2 N–H and O–H groups in total. The zero-order chi connectivity index (χ0) is 12.3. The third-order valence-corrected chi connectivity index (χ3v) is 3.18. The maximum atomic E-state index is 10.8. The highest BCUT2D eigenvalue weighted by molar-refractivity contribution is 7.14. The number of aliphatic hydroxyl groups is 1. The van der Waals surface area contributed by atoms with Crippen molar-refractivity contribution in [1.82, 2.24) is 10.2 Å². The zero-order valence-electron chi connectivity index (χ0n) is 8.83. The minimum absolute atomic E-state index is 0.0315. The van der Waals surface area contributed by atoms with Gasteiger partial charge in [0.05, 0.1) is 5.56 Å². The molecule has 0 unspecified atom stereocenters. The molecule has 17 heavy (non-hydrogen) atoms. The number of benzene rings is 1. The Morgan fingerprint density at radius 1 is 1.35 bits per heavy atom. The van der Waals surface area contributed by atoms with E-state index in [0.29, 0.717) is 11.4 Å². The summed E-state index contributed by atoms with van der Waals surface area (Å²) in [7, 11) is 0. The van der Waals surface area contributed by atoms with Gasteiger partial charge >= 0.3 is 5.97 Å². The van der Waals surface area contributed by atoms with Crippen molar-refractivity contribution in [1.29, 1.82) is 0 Å². The van der Waals surface area contributed by atoms with E-state index in [0.717, 1.165) is 10.6 Å². The number of nitrogens with zero attached hydrogens (tertiary/aromatic N) is 2. The summed E-state index contributed by atoms with van der Waals surface area (Å²) in [6, 6.07) is 6.55. The lowest BCUT2D eigenvalue weighted by atomic mass is 10.1. The third-order valence-electron chi connectivity index (χ3n) is 2.15. The SMILES string of the molecule is O=C(O)c1cccc(-c2nnc(CCO)s2)c1. The Hall–Kier alpha value is -1.79. The number of hydrogen-bond acceptors (Lipinski definition) is 5. The second-order valence-corrected chi connectivity index (χ2v) is 4.42. The van der Waals surface area contributed by atoms with Gasteiger partial charge in [-0.2, -0.15) is 0 Å². The molecule has 6 heteroatoms. The Kier molecular flexibility index (Phi) is 3.46. The van der Waals surface area contributed by atoms with Crippen LogP contribution in [0.3, 0.4) is 0 Å². The average molecular weight is 250 g/mol.